The molecule has 3 N–H and O–H groups in total. The summed E-state index contributed by atoms with van der Waals surface area (Å²) in [7, 11) is -3.67. The van der Waals surface area contributed by atoms with Crippen molar-refractivity contribution in [2.24, 2.45) is 0 Å². The molecule has 0 amide bonds. The smallest absolute Gasteiger partial charge is 0.240 e. The predicted octanol–water partition coefficient (Wildman–Crippen LogP) is 1.40. The Hall–Kier alpha value is -1.40. The van der Waals surface area contributed by atoms with Gasteiger partial charge in [0.2, 0.25) is 10.0 Å². The van der Waals surface area contributed by atoms with Gasteiger partial charge in [0.15, 0.2) is 0 Å². The molecular weight excluding hydrogens is 243 g/mol. The summed E-state index contributed by atoms with van der Waals surface area (Å²) in [6, 6.07) is 3.33. The predicted molar refractivity (Wildman–Crippen MR) is 63.3 cm³/mol. The molecule has 6 heteroatoms. The number of anilines is 1. The summed E-state index contributed by atoms with van der Waals surface area (Å²) < 4.78 is 39.5. The molecule has 0 aliphatic heterocycles. The van der Waals surface area contributed by atoms with Crippen molar-refractivity contribution in [2.75, 3.05) is 5.73 Å². The van der Waals surface area contributed by atoms with E-state index in [0.29, 0.717) is 12.8 Å². The van der Waals surface area contributed by atoms with Gasteiger partial charge in [0, 0.05) is 6.04 Å². The second-order valence-electron chi connectivity index (χ2n) is 3.94. The molecule has 1 aliphatic carbocycles. The summed E-state index contributed by atoms with van der Waals surface area (Å²) in [6.45, 7) is 0. The van der Waals surface area contributed by atoms with E-state index in [2.05, 4.69) is 4.72 Å². The molecule has 0 fully saturated rings. The van der Waals surface area contributed by atoms with Crippen molar-refractivity contribution >= 4 is 15.7 Å². The van der Waals surface area contributed by atoms with Gasteiger partial charge in [0.1, 0.15) is 5.82 Å². The monoisotopic (exact) mass is 256 g/mol. The largest absolute Gasteiger partial charge is 0.396 e. The van der Waals surface area contributed by atoms with E-state index in [-0.39, 0.29) is 16.6 Å². The Labute approximate surface area is 99.4 Å². The van der Waals surface area contributed by atoms with Gasteiger partial charge in [-0.2, -0.15) is 0 Å². The lowest BCUT2D eigenvalue weighted by Gasteiger charge is -2.12. The van der Waals surface area contributed by atoms with E-state index in [1.54, 1.807) is 0 Å². The standard InChI is InChI=1S/C11H13FN2O2S/c12-10-7-9(5-6-11(10)13)17(15,16)14-8-3-1-2-4-8/h1-2,5-8,14H,3-4,13H2. The Balaban J connectivity index is 2.22. The van der Waals surface area contributed by atoms with E-state index in [0.717, 1.165) is 6.07 Å². The fourth-order valence-corrected chi connectivity index (χ4v) is 2.95. The third-order valence-corrected chi connectivity index (χ3v) is 4.13. The van der Waals surface area contributed by atoms with Crippen molar-refractivity contribution in [2.45, 2.75) is 23.8 Å². The van der Waals surface area contributed by atoms with Crippen LogP contribution in [-0.2, 0) is 10.0 Å². The highest BCUT2D eigenvalue weighted by molar-refractivity contribution is 7.89. The van der Waals surface area contributed by atoms with Crippen LogP contribution >= 0.6 is 0 Å². The number of hydrogen-bond donors (Lipinski definition) is 2. The van der Waals surface area contributed by atoms with Gasteiger partial charge in [-0.25, -0.2) is 17.5 Å². The first-order valence-electron chi connectivity index (χ1n) is 5.21. The maximum Gasteiger partial charge on any atom is 0.240 e. The van der Waals surface area contributed by atoms with E-state index in [1.807, 2.05) is 12.2 Å². The van der Waals surface area contributed by atoms with Crippen molar-refractivity contribution in [1.29, 1.82) is 0 Å². The fourth-order valence-electron chi connectivity index (χ4n) is 1.68. The first-order valence-corrected chi connectivity index (χ1v) is 6.70. The number of benzene rings is 1. The second-order valence-corrected chi connectivity index (χ2v) is 5.66. The van der Waals surface area contributed by atoms with E-state index in [4.69, 9.17) is 5.73 Å². The van der Waals surface area contributed by atoms with Crippen LogP contribution in [-0.4, -0.2) is 14.5 Å². The second kappa shape index (κ2) is 4.46. The number of nitrogens with two attached hydrogens (primary N) is 1. The Morgan fingerprint density at radius 1 is 1.29 bits per heavy atom. The van der Waals surface area contributed by atoms with Crippen LogP contribution in [0.1, 0.15) is 12.8 Å². The zero-order valence-corrected chi connectivity index (χ0v) is 9.87. The molecule has 0 spiro atoms. The lowest BCUT2D eigenvalue weighted by Crippen LogP contribution is -2.32. The van der Waals surface area contributed by atoms with Gasteiger partial charge in [-0.15, -0.1) is 0 Å². The van der Waals surface area contributed by atoms with E-state index >= 15 is 0 Å². The molecule has 0 aromatic heterocycles. The molecule has 17 heavy (non-hydrogen) atoms. The summed E-state index contributed by atoms with van der Waals surface area (Å²) in [5.74, 6) is -0.725. The van der Waals surface area contributed by atoms with Gasteiger partial charge in [0.05, 0.1) is 10.6 Å². The number of hydrogen-bond acceptors (Lipinski definition) is 3. The van der Waals surface area contributed by atoms with Gasteiger partial charge >= 0.3 is 0 Å². The third-order valence-electron chi connectivity index (χ3n) is 2.61. The number of sulfonamides is 1. The molecular formula is C11H13FN2O2S. The summed E-state index contributed by atoms with van der Waals surface area (Å²) >= 11 is 0. The highest BCUT2D eigenvalue weighted by Gasteiger charge is 2.21. The first-order chi connectivity index (χ1) is 7.99. The minimum atomic E-state index is -3.67. The van der Waals surface area contributed by atoms with Gasteiger partial charge < -0.3 is 5.73 Å². The molecule has 1 aromatic carbocycles. The number of halogens is 1. The SMILES string of the molecule is Nc1ccc(S(=O)(=O)NC2CC=CC2)cc1F. The van der Waals surface area contributed by atoms with Crippen LogP contribution in [0.4, 0.5) is 10.1 Å². The molecule has 1 aromatic rings. The Morgan fingerprint density at radius 2 is 1.94 bits per heavy atom. The number of rotatable bonds is 3. The van der Waals surface area contributed by atoms with Gasteiger partial charge in [-0.05, 0) is 31.0 Å². The average molecular weight is 256 g/mol. The van der Waals surface area contributed by atoms with Gasteiger partial charge in [-0.3, -0.25) is 0 Å². The van der Waals surface area contributed by atoms with Gasteiger partial charge in [0.25, 0.3) is 0 Å². The maximum atomic E-state index is 13.2. The Bertz CT molecular complexity index is 547. The summed E-state index contributed by atoms with van der Waals surface area (Å²) in [6.07, 6.45) is 5.15. The van der Waals surface area contributed by atoms with Crippen molar-refractivity contribution in [3.05, 3.63) is 36.2 Å². The highest BCUT2D eigenvalue weighted by Crippen LogP contribution is 2.18. The third kappa shape index (κ3) is 2.65. The molecule has 0 unspecified atom stereocenters. The quantitative estimate of drug-likeness (QED) is 0.634. The lowest BCUT2D eigenvalue weighted by atomic mass is 10.3. The molecule has 0 bridgehead atoms. The van der Waals surface area contributed by atoms with Crippen LogP contribution in [0.15, 0.2) is 35.2 Å². The van der Waals surface area contributed by atoms with Crippen LogP contribution in [0.2, 0.25) is 0 Å². The first kappa shape index (κ1) is 12.1. The van der Waals surface area contributed by atoms with Crippen molar-refractivity contribution in [1.82, 2.24) is 4.72 Å². The molecule has 0 saturated carbocycles. The van der Waals surface area contributed by atoms with Crippen molar-refractivity contribution in [3.8, 4) is 0 Å². The number of nitrogen functional groups attached to an aromatic ring is 1. The molecule has 1 aliphatic rings. The maximum absolute atomic E-state index is 13.2. The zero-order chi connectivity index (χ0) is 12.5. The molecule has 0 saturated heterocycles. The fraction of sp³-hybridized carbons (Fsp3) is 0.273. The molecule has 4 nitrogen and oxygen atoms in total. The van der Waals surface area contributed by atoms with E-state index in [1.165, 1.54) is 12.1 Å². The van der Waals surface area contributed by atoms with Gasteiger partial charge in [-0.1, -0.05) is 12.2 Å². The molecule has 92 valence electrons. The summed E-state index contributed by atoms with van der Waals surface area (Å²) in [5.41, 5.74) is 5.23. The van der Waals surface area contributed by atoms with Crippen LogP contribution in [0.25, 0.3) is 0 Å². The van der Waals surface area contributed by atoms with Crippen LogP contribution in [0.3, 0.4) is 0 Å². The zero-order valence-electron chi connectivity index (χ0n) is 9.06. The van der Waals surface area contributed by atoms with Crippen molar-refractivity contribution in [3.63, 3.8) is 0 Å². The van der Waals surface area contributed by atoms with Crippen LogP contribution in [0, 0.1) is 5.82 Å². The summed E-state index contributed by atoms with van der Waals surface area (Å²) in [5, 5.41) is 0. The highest BCUT2D eigenvalue weighted by atomic mass is 32.2. The van der Waals surface area contributed by atoms with E-state index in [9.17, 15) is 12.8 Å². The van der Waals surface area contributed by atoms with Crippen LogP contribution in [0.5, 0.6) is 0 Å². The van der Waals surface area contributed by atoms with E-state index < -0.39 is 15.8 Å². The van der Waals surface area contributed by atoms with Crippen molar-refractivity contribution < 1.29 is 12.8 Å². The minimum absolute atomic E-state index is 0.0634. The molecule has 0 atom stereocenters. The minimum Gasteiger partial charge on any atom is -0.396 e. The topological polar surface area (TPSA) is 72.2 Å². The normalized spacial score (nSPS) is 16.5. The average Bonchev–Trinajstić information content (AvgIpc) is 2.73. The Kier molecular flexibility index (Phi) is 3.17. The Morgan fingerprint density at radius 3 is 2.53 bits per heavy atom. The number of nitrogens with one attached hydrogen (secondary N) is 1. The summed E-state index contributed by atoms with van der Waals surface area (Å²) in [4.78, 5) is -0.101. The molecule has 0 radical (unpaired) electrons. The molecule has 0 heterocycles. The van der Waals surface area contributed by atoms with Crippen LogP contribution < -0.4 is 10.5 Å². The lowest BCUT2D eigenvalue weighted by molar-refractivity contribution is 0.555. The molecule has 2 rings (SSSR count).